The van der Waals surface area contributed by atoms with Gasteiger partial charge in [-0.05, 0) is 43.5 Å². The lowest BCUT2D eigenvalue weighted by atomic mass is 9.99. The first kappa shape index (κ1) is 16.8. The van der Waals surface area contributed by atoms with E-state index in [9.17, 15) is 9.18 Å². The average Bonchev–Trinajstić information content (AvgIpc) is 2.99. The second kappa shape index (κ2) is 7.67. The molecule has 1 aromatic rings. The minimum Gasteiger partial charge on any atom is -0.334 e. The summed E-state index contributed by atoms with van der Waals surface area (Å²) in [5.41, 5.74) is 0.868. The topological polar surface area (TPSA) is 35.6 Å². The van der Waals surface area contributed by atoms with E-state index in [-0.39, 0.29) is 24.4 Å². The number of fused-ring (bicyclic) bond motifs is 1. The molecule has 2 aliphatic rings. The van der Waals surface area contributed by atoms with E-state index in [1.807, 2.05) is 0 Å². The molecule has 1 N–H and O–H groups in total. The Bertz CT molecular complexity index is 610. The van der Waals surface area contributed by atoms with Crippen molar-refractivity contribution in [2.75, 3.05) is 19.6 Å². The van der Waals surface area contributed by atoms with Crippen molar-refractivity contribution in [3.63, 3.8) is 0 Å². The van der Waals surface area contributed by atoms with Crippen LogP contribution in [0.2, 0.25) is 0 Å². The molecule has 3 rings (SSSR count). The van der Waals surface area contributed by atoms with Crippen LogP contribution in [0.5, 0.6) is 0 Å². The summed E-state index contributed by atoms with van der Waals surface area (Å²) in [5, 5.41) is 3.17. The molecule has 2 aliphatic heterocycles. The lowest BCUT2D eigenvalue weighted by Gasteiger charge is -2.33. The number of amides is 2. The summed E-state index contributed by atoms with van der Waals surface area (Å²) in [6.45, 7) is 2.82. The van der Waals surface area contributed by atoms with Gasteiger partial charge in [-0.1, -0.05) is 24.5 Å². The fourth-order valence-electron chi connectivity index (χ4n) is 3.79. The number of carbonyl (C=O) groups is 1. The van der Waals surface area contributed by atoms with Crippen LogP contribution in [0.15, 0.2) is 24.3 Å². The zero-order chi connectivity index (χ0) is 16.9. The third-order valence-electron chi connectivity index (χ3n) is 5.02. The van der Waals surface area contributed by atoms with Crippen LogP contribution in [0.3, 0.4) is 0 Å². The number of benzene rings is 1. The number of nitrogens with zero attached hydrogens (tertiary/aromatic N) is 2. The van der Waals surface area contributed by atoms with Crippen molar-refractivity contribution in [3.8, 4) is 12.3 Å². The highest BCUT2D eigenvalue weighted by molar-refractivity contribution is 5.75. The highest BCUT2D eigenvalue weighted by atomic mass is 19.1. The molecule has 24 heavy (non-hydrogen) atoms. The maximum Gasteiger partial charge on any atom is 0.318 e. The van der Waals surface area contributed by atoms with Crippen molar-refractivity contribution in [1.82, 2.24) is 15.1 Å². The number of halogens is 1. The van der Waals surface area contributed by atoms with E-state index in [2.05, 4.69) is 16.1 Å². The molecule has 128 valence electrons. The summed E-state index contributed by atoms with van der Waals surface area (Å²) in [7, 11) is 0. The van der Waals surface area contributed by atoms with Gasteiger partial charge >= 0.3 is 6.03 Å². The average molecular weight is 329 g/mol. The number of rotatable bonds is 4. The molecule has 2 saturated heterocycles. The molecule has 0 aromatic heterocycles. The normalized spacial score (nSPS) is 23.3. The van der Waals surface area contributed by atoms with Crippen molar-refractivity contribution in [2.24, 2.45) is 0 Å². The summed E-state index contributed by atoms with van der Waals surface area (Å²) in [6, 6.07) is 6.70. The number of piperidine rings is 1. The highest BCUT2D eigenvalue weighted by Gasteiger charge is 2.36. The van der Waals surface area contributed by atoms with Gasteiger partial charge in [0, 0.05) is 25.2 Å². The van der Waals surface area contributed by atoms with Crippen molar-refractivity contribution in [2.45, 2.75) is 44.3 Å². The van der Waals surface area contributed by atoms with Crippen molar-refractivity contribution in [3.05, 3.63) is 35.6 Å². The zero-order valence-corrected chi connectivity index (χ0v) is 13.9. The van der Waals surface area contributed by atoms with Crippen LogP contribution in [0, 0.1) is 18.2 Å². The quantitative estimate of drug-likeness (QED) is 0.862. The Balaban J connectivity index is 1.62. The first-order valence-corrected chi connectivity index (χ1v) is 8.65. The lowest BCUT2D eigenvalue weighted by Crippen LogP contribution is -2.50. The van der Waals surface area contributed by atoms with Gasteiger partial charge in [-0.2, -0.15) is 0 Å². The van der Waals surface area contributed by atoms with Crippen LogP contribution in [0.1, 0.15) is 31.2 Å². The Morgan fingerprint density at radius 2 is 2.08 bits per heavy atom. The van der Waals surface area contributed by atoms with E-state index in [0.29, 0.717) is 12.6 Å². The Kier molecular flexibility index (Phi) is 5.37. The van der Waals surface area contributed by atoms with E-state index < -0.39 is 0 Å². The molecule has 0 aliphatic carbocycles. The molecular weight excluding hydrogens is 305 g/mol. The predicted molar refractivity (Wildman–Crippen MR) is 91.8 cm³/mol. The Labute approximate surface area is 143 Å². The summed E-state index contributed by atoms with van der Waals surface area (Å²) >= 11 is 0. The van der Waals surface area contributed by atoms with Gasteiger partial charge in [0.15, 0.2) is 0 Å². The summed E-state index contributed by atoms with van der Waals surface area (Å²) in [4.78, 5) is 16.8. The largest absolute Gasteiger partial charge is 0.334 e. The molecule has 0 spiro atoms. The van der Waals surface area contributed by atoms with E-state index in [0.717, 1.165) is 31.5 Å². The van der Waals surface area contributed by atoms with Crippen molar-refractivity contribution >= 4 is 6.03 Å². The second-order valence-corrected chi connectivity index (χ2v) is 6.63. The van der Waals surface area contributed by atoms with E-state index in [1.165, 1.54) is 25.0 Å². The number of urea groups is 1. The van der Waals surface area contributed by atoms with Gasteiger partial charge in [0.2, 0.25) is 0 Å². The molecule has 1 aromatic carbocycles. The minimum atomic E-state index is -0.282. The standard InChI is InChI=1S/C19H24FN3O/c1-2-11-23(14-15-6-8-16(20)9-7-15)19(24)21-17-10-13-22-12-4-3-5-18(17)22/h1,6-9,17-18H,3-5,10-14H2,(H,21,24)/t17-,18-/m0/s1. The monoisotopic (exact) mass is 329 g/mol. The van der Waals surface area contributed by atoms with Gasteiger partial charge < -0.3 is 10.2 Å². The summed E-state index contributed by atoms with van der Waals surface area (Å²) in [5.74, 6) is 2.26. The van der Waals surface area contributed by atoms with Crippen LogP contribution in [0.25, 0.3) is 0 Å². The lowest BCUT2D eigenvalue weighted by molar-refractivity contribution is 0.168. The summed E-state index contributed by atoms with van der Waals surface area (Å²) in [6.07, 6.45) is 10.1. The molecule has 2 atom stereocenters. The fraction of sp³-hybridized carbons (Fsp3) is 0.526. The van der Waals surface area contributed by atoms with Crippen molar-refractivity contribution < 1.29 is 9.18 Å². The molecule has 2 amide bonds. The number of hydrogen-bond acceptors (Lipinski definition) is 2. The first-order chi connectivity index (χ1) is 11.7. The first-order valence-electron chi connectivity index (χ1n) is 8.65. The van der Waals surface area contributed by atoms with Crippen LogP contribution >= 0.6 is 0 Å². The molecule has 0 bridgehead atoms. The number of carbonyl (C=O) groups excluding carboxylic acids is 1. The minimum absolute atomic E-state index is 0.130. The van der Waals surface area contributed by atoms with E-state index in [4.69, 9.17) is 6.42 Å². The Hall–Kier alpha value is -2.06. The predicted octanol–water partition coefficient (Wildman–Crippen LogP) is 2.60. The van der Waals surface area contributed by atoms with Crippen LogP contribution in [-0.4, -0.2) is 47.5 Å². The zero-order valence-electron chi connectivity index (χ0n) is 13.9. The van der Waals surface area contributed by atoms with E-state index in [1.54, 1.807) is 17.0 Å². The third kappa shape index (κ3) is 3.88. The van der Waals surface area contributed by atoms with Crippen LogP contribution < -0.4 is 5.32 Å². The highest BCUT2D eigenvalue weighted by Crippen LogP contribution is 2.27. The van der Waals surface area contributed by atoms with Crippen LogP contribution in [0.4, 0.5) is 9.18 Å². The van der Waals surface area contributed by atoms with Gasteiger partial charge in [0.1, 0.15) is 5.82 Å². The maximum absolute atomic E-state index is 13.0. The van der Waals surface area contributed by atoms with Gasteiger partial charge in [-0.3, -0.25) is 4.90 Å². The molecule has 5 heteroatoms. The summed E-state index contributed by atoms with van der Waals surface area (Å²) < 4.78 is 13.0. The van der Waals surface area contributed by atoms with E-state index >= 15 is 0 Å². The number of terminal acetylenes is 1. The Morgan fingerprint density at radius 3 is 2.83 bits per heavy atom. The Morgan fingerprint density at radius 1 is 1.29 bits per heavy atom. The number of hydrogen-bond donors (Lipinski definition) is 1. The smallest absolute Gasteiger partial charge is 0.318 e. The van der Waals surface area contributed by atoms with Crippen LogP contribution in [-0.2, 0) is 6.54 Å². The molecule has 0 unspecified atom stereocenters. The molecule has 0 radical (unpaired) electrons. The van der Waals surface area contributed by atoms with Gasteiger partial charge in [0.05, 0.1) is 6.54 Å². The second-order valence-electron chi connectivity index (χ2n) is 6.63. The van der Waals surface area contributed by atoms with Gasteiger partial charge in [-0.15, -0.1) is 6.42 Å². The van der Waals surface area contributed by atoms with Crippen molar-refractivity contribution in [1.29, 1.82) is 0 Å². The SMILES string of the molecule is C#CCN(Cc1ccc(F)cc1)C(=O)N[C@H]1CCN2CCCC[C@@H]12. The fourth-order valence-corrected chi connectivity index (χ4v) is 3.79. The van der Waals surface area contributed by atoms with Gasteiger partial charge in [0.25, 0.3) is 0 Å². The third-order valence-corrected chi connectivity index (χ3v) is 5.02. The molecule has 2 heterocycles. The van der Waals surface area contributed by atoms with Gasteiger partial charge in [-0.25, -0.2) is 9.18 Å². The molecular formula is C19H24FN3O. The molecule has 2 fully saturated rings. The molecule has 4 nitrogen and oxygen atoms in total. The number of nitrogens with one attached hydrogen (secondary N) is 1. The maximum atomic E-state index is 13.0. The molecule has 0 saturated carbocycles.